The summed E-state index contributed by atoms with van der Waals surface area (Å²) in [5, 5.41) is 8.90. The van der Waals surface area contributed by atoms with E-state index in [1.165, 1.54) is 12.1 Å². The average molecular weight is 300 g/mol. The fraction of sp³-hybridized carbons (Fsp3) is 0.467. The number of halogens is 3. The number of carbonyl (C=O) groups excluding carboxylic acids is 1. The monoisotopic (exact) mass is 300 g/mol. The van der Waals surface area contributed by atoms with Gasteiger partial charge in [0.2, 0.25) is 0 Å². The maximum Gasteiger partial charge on any atom is 0.416 e. The molecule has 0 amide bonds. The summed E-state index contributed by atoms with van der Waals surface area (Å²) in [7, 11) is 0. The molecule has 114 valence electrons. The fourth-order valence-electron chi connectivity index (χ4n) is 2.73. The summed E-state index contributed by atoms with van der Waals surface area (Å²) in [5.41, 5.74) is -0.813. The van der Waals surface area contributed by atoms with E-state index in [4.69, 9.17) is 5.11 Å². The second kappa shape index (κ2) is 5.87. The average Bonchev–Trinajstić information content (AvgIpc) is 2.86. The van der Waals surface area contributed by atoms with Gasteiger partial charge in [0.1, 0.15) is 0 Å². The highest BCUT2D eigenvalue weighted by Gasteiger charge is 2.33. The van der Waals surface area contributed by atoms with Crippen molar-refractivity contribution in [3.05, 3.63) is 35.4 Å². The molecule has 2 unspecified atom stereocenters. The molecular formula is C15H15F3O3. The zero-order valence-electron chi connectivity index (χ0n) is 11.2. The Bertz CT molecular complexity index is 551. The number of alkyl halides is 3. The van der Waals surface area contributed by atoms with E-state index < -0.39 is 23.6 Å². The summed E-state index contributed by atoms with van der Waals surface area (Å²) in [6.45, 7) is 0. The third kappa shape index (κ3) is 3.83. The minimum absolute atomic E-state index is 0.0311. The third-order valence-corrected chi connectivity index (χ3v) is 3.88. The van der Waals surface area contributed by atoms with Crippen molar-refractivity contribution in [1.29, 1.82) is 0 Å². The molecule has 0 aromatic heterocycles. The van der Waals surface area contributed by atoms with E-state index in [1.54, 1.807) is 0 Å². The van der Waals surface area contributed by atoms with Crippen LogP contribution in [0.5, 0.6) is 0 Å². The first-order chi connectivity index (χ1) is 9.77. The van der Waals surface area contributed by atoms with Crippen molar-refractivity contribution in [2.45, 2.75) is 31.9 Å². The Morgan fingerprint density at radius 2 is 1.95 bits per heavy atom. The van der Waals surface area contributed by atoms with E-state index in [0.29, 0.717) is 19.3 Å². The summed E-state index contributed by atoms with van der Waals surface area (Å²) in [6.07, 6.45) is -2.80. The Labute approximate surface area is 119 Å². The lowest BCUT2D eigenvalue weighted by atomic mass is 9.95. The second-order valence-corrected chi connectivity index (χ2v) is 5.42. The maximum atomic E-state index is 12.6. The number of aliphatic carboxylic acids is 1. The first-order valence-electron chi connectivity index (χ1n) is 6.70. The molecule has 6 heteroatoms. The lowest BCUT2D eigenvalue weighted by Gasteiger charge is -2.11. The van der Waals surface area contributed by atoms with Crippen molar-refractivity contribution in [3.8, 4) is 0 Å². The van der Waals surface area contributed by atoms with Crippen molar-refractivity contribution < 1.29 is 27.9 Å². The van der Waals surface area contributed by atoms with E-state index in [9.17, 15) is 22.8 Å². The van der Waals surface area contributed by atoms with Crippen molar-refractivity contribution in [2.75, 3.05) is 0 Å². The molecule has 0 bridgehead atoms. The van der Waals surface area contributed by atoms with Gasteiger partial charge in [-0.15, -0.1) is 0 Å². The van der Waals surface area contributed by atoms with Gasteiger partial charge in [-0.25, -0.2) is 0 Å². The quantitative estimate of drug-likeness (QED) is 0.861. The van der Waals surface area contributed by atoms with Gasteiger partial charge in [0.05, 0.1) is 11.5 Å². The standard InChI is InChI=1S/C15H15F3O3/c16-15(17,18)12-3-1-2-10(8-12)13(19)7-9-4-5-11(6-9)14(20)21/h1-3,8-9,11H,4-7H2,(H,20,21). The Morgan fingerprint density at radius 3 is 2.52 bits per heavy atom. The molecule has 1 fully saturated rings. The van der Waals surface area contributed by atoms with Crippen LogP contribution in [0.15, 0.2) is 24.3 Å². The normalized spacial score (nSPS) is 22.2. The lowest BCUT2D eigenvalue weighted by molar-refractivity contribution is -0.141. The summed E-state index contributed by atoms with van der Waals surface area (Å²) in [5.74, 6) is -1.74. The third-order valence-electron chi connectivity index (χ3n) is 3.88. The van der Waals surface area contributed by atoms with Gasteiger partial charge >= 0.3 is 12.1 Å². The highest BCUT2D eigenvalue weighted by atomic mass is 19.4. The molecule has 1 N–H and O–H groups in total. The Kier molecular flexibility index (Phi) is 4.34. The number of benzene rings is 1. The van der Waals surface area contributed by atoms with E-state index in [2.05, 4.69) is 0 Å². The number of carboxylic acid groups (broad SMARTS) is 1. The van der Waals surface area contributed by atoms with Crippen LogP contribution in [-0.4, -0.2) is 16.9 Å². The molecule has 1 aromatic carbocycles. The van der Waals surface area contributed by atoms with Gasteiger partial charge < -0.3 is 5.11 Å². The van der Waals surface area contributed by atoms with Crippen LogP contribution in [0.25, 0.3) is 0 Å². The summed E-state index contributed by atoms with van der Waals surface area (Å²) in [4.78, 5) is 22.9. The van der Waals surface area contributed by atoms with Crippen LogP contribution in [0, 0.1) is 11.8 Å². The highest BCUT2D eigenvalue weighted by Crippen LogP contribution is 2.34. The molecule has 0 spiro atoms. The second-order valence-electron chi connectivity index (χ2n) is 5.42. The number of Topliss-reactive ketones (excluding diaryl/α,β-unsaturated/α-hetero) is 1. The molecule has 2 rings (SSSR count). The molecule has 0 radical (unpaired) electrons. The number of rotatable bonds is 4. The first kappa shape index (κ1) is 15.5. The van der Waals surface area contributed by atoms with Crippen molar-refractivity contribution in [3.63, 3.8) is 0 Å². The fourth-order valence-corrected chi connectivity index (χ4v) is 2.73. The maximum absolute atomic E-state index is 12.6. The molecule has 1 aliphatic rings. The van der Waals surface area contributed by atoms with Crippen LogP contribution < -0.4 is 0 Å². The summed E-state index contributed by atoms with van der Waals surface area (Å²) < 4.78 is 37.8. The van der Waals surface area contributed by atoms with Gasteiger partial charge in [0.25, 0.3) is 0 Å². The highest BCUT2D eigenvalue weighted by molar-refractivity contribution is 5.96. The summed E-state index contributed by atoms with van der Waals surface area (Å²) >= 11 is 0. The number of ketones is 1. The minimum Gasteiger partial charge on any atom is -0.481 e. The predicted octanol–water partition coefficient (Wildman–Crippen LogP) is 3.78. The van der Waals surface area contributed by atoms with Crippen molar-refractivity contribution in [1.82, 2.24) is 0 Å². The van der Waals surface area contributed by atoms with E-state index in [0.717, 1.165) is 12.1 Å². The van der Waals surface area contributed by atoms with Crippen LogP contribution in [0.2, 0.25) is 0 Å². The molecule has 1 aliphatic carbocycles. The van der Waals surface area contributed by atoms with E-state index >= 15 is 0 Å². The Hall–Kier alpha value is -1.85. The Morgan fingerprint density at radius 1 is 1.24 bits per heavy atom. The topological polar surface area (TPSA) is 54.4 Å². The first-order valence-corrected chi connectivity index (χ1v) is 6.70. The minimum atomic E-state index is -4.47. The van der Waals surface area contributed by atoms with Crippen LogP contribution in [0.3, 0.4) is 0 Å². The molecule has 0 aliphatic heterocycles. The van der Waals surface area contributed by atoms with Crippen molar-refractivity contribution in [2.24, 2.45) is 11.8 Å². The smallest absolute Gasteiger partial charge is 0.416 e. The van der Waals surface area contributed by atoms with Gasteiger partial charge in [-0.3, -0.25) is 9.59 Å². The lowest BCUT2D eigenvalue weighted by Crippen LogP contribution is -2.12. The van der Waals surface area contributed by atoms with Gasteiger partial charge in [-0.05, 0) is 37.3 Å². The number of hydrogen-bond acceptors (Lipinski definition) is 2. The van der Waals surface area contributed by atoms with Gasteiger partial charge in [0.15, 0.2) is 5.78 Å². The zero-order valence-corrected chi connectivity index (χ0v) is 11.2. The number of carbonyl (C=O) groups is 2. The zero-order chi connectivity index (χ0) is 15.6. The number of hydrogen-bond donors (Lipinski definition) is 1. The van der Waals surface area contributed by atoms with Crippen molar-refractivity contribution >= 4 is 11.8 Å². The van der Waals surface area contributed by atoms with Crippen LogP contribution in [-0.2, 0) is 11.0 Å². The molecule has 0 saturated heterocycles. The van der Waals surface area contributed by atoms with Gasteiger partial charge in [0, 0.05) is 12.0 Å². The molecule has 21 heavy (non-hydrogen) atoms. The molecule has 3 nitrogen and oxygen atoms in total. The van der Waals surface area contributed by atoms with Crippen LogP contribution >= 0.6 is 0 Å². The van der Waals surface area contributed by atoms with Crippen LogP contribution in [0.1, 0.15) is 41.6 Å². The largest absolute Gasteiger partial charge is 0.481 e. The summed E-state index contributed by atoms with van der Waals surface area (Å²) in [6, 6.07) is 4.35. The molecule has 1 saturated carbocycles. The van der Waals surface area contributed by atoms with E-state index in [-0.39, 0.29) is 23.7 Å². The van der Waals surface area contributed by atoms with Crippen LogP contribution in [0.4, 0.5) is 13.2 Å². The van der Waals surface area contributed by atoms with E-state index in [1.807, 2.05) is 0 Å². The Balaban J connectivity index is 2.03. The molecular weight excluding hydrogens is 285 g/mol. The van der Waals surface area contributed by atoms with Gasteiger partial charge in [-0.2, -0.15) is 13.2 Å². The predicted molar refractivity (Wildman–Crippen MR) is 68.9 cm³/mol. The molecule has 2 atom stereocenters. The number of carboxylic acids is 1. The van der Waals surface area contributed by atoms with Gasteiger partial charge in [-0.1, -0.05) is 12.1 Å². The molecule has 1 aromatic rings. The SMILES string of the molecule is O=C(CC1CCC(C(=O)O)C1)c1cccc(C(F)(F)F)c1. The molecule has 0 heterocycles.